The van der Waals surface area contributed by atoms with E-state index in [0.29, 0.717) is 12.8 Å². The zero-order chi connectivity index (χ0) is 16.9. The van der Waals surface area contributed by atoms with Crippen LogP contribution in [0.5, 0.6) is 11.5 Å². The van der Waals surface area contributed by atoms with Gasteiger partial charge in [-0.15, -0.1) is 0 Å². The molecule has 24 heavy (non-hydrogen) atoms. The molecule has 0 aliphatic carbocycles. The lowest BCUT2D eigenvalue weighted by molar-refractivity contribution is -0.170. The molecule has 0 aromatic heterocycles. The number of aliphatic hydroxyl groups is 1. The van der Waals surface area contributed by atoms with Gasteiger partial charge in [0.25, 0.3) is 0 Å². The van der Waals surface area contributed by atoms with Gasteiger partial charge in [0, 0.05) is 12.8 Å². The molecular weight excluding hydrogens is 304 g/mol. The van der Waals surface area contributed by atoms with Crippen molar-refractivity contribution < 1.29 is 19.3 Å². The first kappa shape index (κ1) is 16.8. The minimum Gasteiger partial charge on any atom is -0.497 e. The van der Waals surface area contributed by atoms with E-state index in [0.717, 1.165) is 23.5 Å². The van der Waals surface area contributed by atoms with Crippen LogP contribution in [0.1, 0.15) is 30.9 Å². The molecule has 4 heteroatoms. The summed E-state index contributed by atoms with van der Waals surface area (Å²) in [6.07, 6.45) is 1.17. The molecule has 2 aromatic rings. The van der Waals surface area contributed by atoms with Crippen LogP contribution in [0.25, 0.3) is 0 Å². The summed E-state index contributed by atoms with van der Waals surface area (Å²) >= 11 is 0. The van der Waals surface area contributed by atoms with Gasteiger partial charge in [0.05, 0.1) is 19.3 Å². The Bertz CT molecular complexity index is 643. The molecule has 1 fully saturated rings. The van der Waals surface area contributed by atoms with Crippen molar-refractivity contribution in [2.45, 2.75) is 44.7 Å². The molecule has 3 atom stereocenters. The van der Waals surface area contributed by atoms with E-state index < -0.39 is 6.29 Å². The van der Waals surface area contributed by atoms with Gasteiger partial charge in [-0.05, 0) is 42.7 Å². The van der Waals surface area contributed by atoms with Crippen molar-refractivity contribution in [3.05, 3.63) is 59.7 Å². The Morgan fingerprint density at radius 3 is 2.54 bits per heavy atom. The molecule has 128 valence electrons. The van der Waals surface area contributed by atoms with E-state index in [-0.39, 0.29) is 12.2 Å². The van der Waals surface area contributed by atoms with Crippen LogP contribution in [-0.4, -0.2) is 30.7 Å². The van der Waals surface area contributed by atoms with Gasteiger partial charge in [-0.25, -0.2) is 0 Å². The summed E-state index contributed by atoms with van der Waals surface area (Å²) in [6, 6.07) is 16.0. The highest BCUT2D eigenvalue weighted by atomic mass is 16.7. The van der Waals surface area contributed by atoms with Crippen LogP contribution in [0.2, 0.25) is 0 Å². The Hall–Kier alpha value is -2.04. The molecule has 4 nitrogen and oxygen atoms in total. The quantitative estimate of drug-likeness (QED) is 0.912. The predicted octanol–water partition coefficient (Wildman–Crippen LogP) is 3.55. The van der Waals surface area contributed by atoms with E-state index in [1.807, 2.05) is 37.3 Å². The van der Waals surface area contributed by atoms with Gasteiger partial charge in [0.15, 0.2) is 0 Å². The monoisotopic (exact) mass is 328 g/mol. The number of rotatable bonds is 5. The summed E-state index contributed by atoms with van der Waals surface area (Å²) in [5, 5.41) is 9.91. The number of para-hydroxylation sites is 1. The van der Waals surface area contributed by atoms with Crippen LogP contribution >= 0.6 is 0 Å². The highest BCUT2D eigenvalue weighted by molar-refractivity contribution is 5.39. The van der Waals surface area contributed by atoms with Gasteiger partial charge in [-0.2, -0.15) is 0 Å². The standard InChI is InChI=1S/C20H24O4/c1-14-11-17(21)13-20(23-14)24-19-6-4-3-5-16(19)12-15-7-9-18(22-2)10-8-15/h3-10,14,17,20-21H,11-13H2,1-2H3. The Balaban J connectivity index is 1.72. The van der Waals surface area contributed by atoms with Crippen LogP contribution < -0.4 is 9.47 Å². The largest absolute Gasteiger partial charge is 0.497 e. The average molecular weight is 328 g/mol. The zero-order valence-electron chi connectivity index (χ0n) is 14.1. The maximum atomic E-state index is 9.91. The second-order valence-corrected chi connectivity index (χ2v) is 6.25. The van der Waals surface area contributed by atoms with Crippen molar-refractivity contribution in [3.63, 3.8) is 0 Å². The first-order chi connectivity index (χ1) is 11.6. The molecule has 1 saturated heterocycles. The molecule has 3 unspecified atom stereocenters. The first-order valence-electron chi connectivity index (χ1n) is 8.35. The molecule has 0 spiro atoms. The summed E-state index contributed by atoms with van der Waals surface area (Å²) < 4.78 is 17.0. The van der Waals surface area contributed by atoms with Gasteiger partial charge < -0.3 is 19.3 Å². The minimum absolute atomic E-state index is 0.00694. The third-order valence-electron chi connectivity index (χ3n) is 4.24. The Kier molecular flexibility index (Phi) is 5.38. The fourth-order valence-electron chi connectivity index (χ4n) is 3.02. The lowest BCUT2D eigenvalue weighted by Gasteiger charge is -2.31. The van der Waals surface area contributed by atoms with Gasteiger partial charge in [0.2, 0.25) is 6.29 Å². The summed E-state index contributed by atoms with van der Waals surface area (Å²) in [5.74, 6) is 1.65. The van der Waals surface area contributed by atoms with E-state index in [2.05, 4.69) is 18.2 Å². The van der Waals surface area contributed by atoms with Crippen molar-refractivity contribution >= 4 is 0 Å². The fraction of sp³-hybridized carbons (Fsp3) is 0.400. The Morgan fingerprint density at radius 1 is 1.08 bits per heavy atom. The zero-order valence-corrected chi connectivity index (χ0v) is 14.1. The molecule has 2 aromatic carbocycles. The van der Waals surface area contributed by atoms with Gasteiger partial charge in [0.1, 0.15) is 11.5 Å². The lowest BCUT2D eigenvalue weighted by atomic mass is 10.0. The molecule has 0 radical (unpaired) electrons. The van der Waals surface area contributed by atoms with Crippen molar-refractivity contribution in [1.82, 2.24) is 0 Å². The van der Waals surface area contributed by atoms with E-state index in [1.165, 1.54) is 5.56 Å². The van der Waals surface area contributed by atoms with E-state index in [4.69, 9.17) is 14.2 Å². The van der Waals surface area contributed by atoms with Crippen LogP contribution in [0.4, 0.5) is 0 Å². The highest BCUT2D eigenvalue weighted by Crippen LogP contribution is 2.27. The van der Waals surface area contributed by atoms with Gasteiger partial charge >= 0.3 is 0 Å². The molecule has 0 amide bonds. The Labute approximate surface area is 143 Å². The van der Waals surface area contributed by atoms with Crippen LogP contribution in [0.15, 0.2) is 48.5 Å². The van der Waals surface area contributed by atoms with Crippen molar-refractivity contribution in [2.75, 3.05) is 7.11 Å². The molecule has 3 rings (SSSR count). The maximum Gasteiger partial charge on any atom is 0.202 e. The van der Waals surface area contributed by atoms with Crippen molar-refractivity contribution in [1.29, 1.82) is 0 Å². The number of hydrogen-bond donors (Lipinski definition) is 1. The fourth-order valence-corrected chi connectivity index (χ4v) is 3.02. The van der Waals surface area contributed by atoms with E-state index >= 15 is 0 Å². The summed E-state index contributed by atoms with van der Waals surface area (Å²) in [4.78, 5) is 0. The number of aliphatic hydroxyl groups excluding tert-OH is 1. The summed E-state index contributed by atoms with van der Waals surface area (Å²) in [7, 11) is 1.66. The lowest BCUT2D eigenvalue weighted by Crippen LogP contribution is -2.37. The van der Waals surface area contributed by atoms with Crippen LogP contribution in [0.3, 0.4) is 0 Å². The molecule has 1 aliphatic heterocycles. The topological polar surface area (TPSA) is 47.9 Å². The molecule has 1 N–H and O–H groups in total. The van der Waals surface area contributed by atoms with E-state index in [9.17, 15) is 5.11 Å². The van der Waals surface area contributed by atoms with Crippen LogP contribution in [-0.2, 0) is 11.2 Å². The molecule has 0 saturated carbocycles. The molecule has 1 aliphatic rings. The van der Waals surface area contributed by atoms with Crippen molar-refractivity contribution in [2.24, 2.45) is 0 Å². The second kappa shape index (κ2) is 7.69. The van der Waals surface area contributed by atoms with E-state index in [1.54, 1.807) is 7.11 Å². The number of ether oxygens (including phenoxy) is 3. The molecular formula is C20H24O4. The van der Waals surface area contributed by atoms with Crippen molar-refractivity contribution in [3.8, 4) is 11.5 Å². The second-order valence-electron chi connectivity index (χ2n) is 6.25. The number of methoxy groups -OCH3 is 1. The maximum absolute atomic E-state index is 9.91. The third kappa shape index (κ3) is 4.28. The van der Waals surface area contributed by atoms with Crippen LogP contribution in [0, 0.1) is 0 Å². The smallest absolute Gasteiger partial charge is 0.202 e. The summed E-state index contributed by atoms with van der Waals surface area (Å²) in [6.45, 7) is 1.96. The first-order valence-corrected chi connectivity index (χ1v) is 8.35. The van der Waals surface area contributed by atoms with Gasteiger partial charge in [-0.3, -0.25) is 0 Å². The van der Waals surface area contributed by atoms with Gasteiger partial charge in [-0.1, -0.05) is 30.3 Å². The Morgan fingerprint density at radius 2 is 1.83 bits per heavy atom. The molecule has 1 heterocycles. The summed E-state index contributed by atoms with van der Waals surface area (Å²) in [5.41, 5.74) is 2.28. The minimum atomic E-state index is -0.402. The average Bonchev–Trinajstić information content (AvgIpc) is 2.56. The normalized spacial score (nSPS) is 23.7. The third-order valence-corrected chi connectivity index (χ3v) is 4.24. The number of benzene rings is 2. The molecule has 0 bridgehead atoms. The SMILES string of the molecule is COc1ccc(Cc2ccccc2OC2CC(O)CC(C)O2)cc1. The highest BCUT2D eigenvalue weighted by Gasteiger charge is 2.27. The number of hydrogen-bond acceptors (Lipinski definition) is 4. The predicted molar refractivity (Wildman–Crippen MR) is 92.4 cm³/mol.